The molecule has 0 aliphatic rings. The zero-order valence-corrected chi connectivity index (χ0v) is 11.1. The summed E-state index contributed by atoms with van der Waals surface area (Å²) < 4.78 is 52.2. The standard InChI is InChI=1S/C11H13ClF2O3S/c12-18(15,16)7-3-1-2-6-17-11-8-9(13)4-5-10(11)14/h4-5,8H,1-3,6-7H2. The summed E-state index contributed by atoms with van der Waals surface area (Å²) in [5, 5.41) is 0. The molecule has 0 spiro atoms. The Balaban J connectivity index is 2.24. The monoisotopic (exact) mass is 298 g/mol. The van der Waals surface area contributed by atoms with Crippen molar-refractivity contribution in [1.29, 1.82) is 0 Å². The van der Waals surface area contributed by atoms with Crippen LogP contribution in [0.25, 0.3) is 0 Å². The lowest BCUT2D eigenvalue weighted by Gasteiger charge is -2.06. The number of unbranched alkanes of at least 4 members (excludes halogenated alkanes) is 2. The van der Waals surface area contributed by atoms with Gasteiger partial charge in [-0.1, -0.05) is 0 Å². The van der Waals surface area contributed by atoms with Gasteiger partial charge in [-0.3, -0.25) is 0 Å². The number of hydrogen-bond acceptors (Lipinski definition) is 3. The summed E-state index contributed by atoms with van der Waals surface area (Å²) in [7, 11) is 1.58. The van der Waals surface area contributed by atoms with E-state index in [1.54, 1.807) is 0 Å². The number of ether oxygens (including phenoxy) is 1. The van der Waals surface area contributed by atoms with E-state index in [-0.39, 0.29) is 18.1 Å². The van der Waals surface area contributed by atoms with Crippen molar-refractivity contribution in [2.75, 3.05) is 12.4 Å². The fourth-order valence-corrected chi connectivity index (χ4v) is 2.20. The zero-order chi connectivity index (χ0) is 13.6. The van der Waals surface area contributed by atoms with Crippen LogP contribution in [-0.4, -0.2) is 20.8 Å². The Labute approximate surface area is 109 Å². The van der Waals surface area contributed by atoms with Gasteiger partial charge in [-0.25, -0.2) is 17.2 Å². The van der Waals surface area contributed by atoms with E-state index in [1.165, 1.54) is 0 Å². The van der Waals surface area contributed by atoms with Gasteiger partial charge in [-0.05, 0) is 31.4 Å². The van der Waals surface area contributed by atoms with Crippen LogP contribution in [-0.2, 0) is 9.05 Å². The molecule has 0 N–H and O–H groups in total. The molecule has 102 valence electrons. The molecule has 3 nitrogen and oxygen atoms in total. The predicted molar refractivity (Wildman–Crippen MR) is 65.3 cm³/mol. The summed E-state index contributed by atoms with van der Waals surface area (Å²) in [6.45, 7) is 0.197. The largest absolute Gasteiger partial charge is 0.490 e. The van der Waals surface area contributed by atoms with E-state index < -0.39 is 20.7 Å². The van der Waals surface area contributed by atoms with Gasteiger partial charge < -0.3 is 4.74 Å². The Morgan fingerprint density at radius 1 is 1.17 bits per heavy atom. The summed E-state index contributed by atoms with van der Waals surface area (Å²) in [5.41, 5.74) is 0. The number of halogens is 3. The second kappa shape index (κ2) is 6.89. The van der Waals surface area contributed by atoms with Gasteiger partial charge in [-0.15, -0.1) is 0 Å². The van der Waals surface area contributed by atoms with E-state index in [0.717, 1.165) is 18.2 Å². The first-order chi connectivity index (χ1) is 8.38. The van der Waals surface area contributed by atoms with Crippen molar-refractivity contribution >= 4 is 19.7 Å². The summed E-state index contributed by atoms with van der Waals surface area (Å²) in [5.74, 6) is -1.43. The van der Waals surface area contributed by atoms with Crippen LogP contribution in [0.1, 0.15) is 19.3 Å². The second-order valence-corrected chi connectivity index (χ2v) is 6.62. The lowest BCUT2D eigenvalue weighted by atomic mass is 10.2. The van der Waals surface area contributed by atoms with Gasteiger partial charge in [-0.2, -0.15) is 0 Å². The molecule has 0 aliphatic heterocycles. The molecule has 1 aromatic rings. The molecule has 0 saturated heterocycles. The van der Waals surface area contributed by atoms with E-state index in [9.17, 15) is 17.2 Å². The van der Waals surface area contributed by atoms with Crippen molar-refractivity contribution in [2.24, 2.45) is 0 Å². The number of hydrogen-bond donors (Lipinski definition) is 0. The first-order valence-corrected chi connectivity index (χ1v) is 7.86. The van der Waals surface area contributed by atoms with Gasteiger partial charge in [0.1, 0.15) is 5.82 Å². The minimum absolute atomic E-state index is 0.0944. The molecule has 0 radical (unpaired) electrons. The topological polar surface area (TPSA) is 43.4 Å². The van der Waals surface area contributed by atoms with Crippen LogP contribution in [0.5, 0.6) is 5.75 Å². The summed E-state index contributed by atoms with van der Waals surface area (Å²) in [4.78, 5) is 0. The first kappa shape index (κ1) is 15.2. The van der Waals surface area contributed by atoms with Crippen LogP contribution in [0, 0.1) is 11.6 Å². The van der Waals surface area contributed by atoms with E-state index >= 15 is 0 Å². The zero-order valence-electron chi connectivity index (χ0n) is 9.53. The van der Waals surface area contributed by atoms with Crippen molar-refractivity contribution in [1.82, 2.24) is 0 Å². The maximum absolute atomic E-state index is 13.1. The highest BCUT2D eigenvalue weighted by Gasteiger charge is 2.06. The first-order valence-electron chi connectivity index (χ1n) is 5.39. The molecule has 18 heavy (non-hydrogen) atoms. The maximum atomic E-state index is 13.1. The third-order valence-electron chi connectivity index (χ3n) is 2.18. The molecule has 0 fully saturated rings. The SMILES string of the molecule is O=S(=O)(Cl)CCCCCOc1cc(F)ccc1F. The van der Waals surface area contributed by atoms with Gasteiger partial charge in [0.25, 0.3) is 0 Å². The van der Waals surface area contributed by atoms with E-state index in [4.69, 9.17) is 15.4 Å². The Morgan fingerprint density at radius 3 is 2.56 bits per heavy atom. The third-order valence-corrected chi connectivity index (χ3v) is 3.42. The highest BCUT2D eigenvalue weighted by molar-refractivity contribution is 8.13. The van der Waals surface area contributed by atoms with Crippen LogP contribution in [0.15, 0.2) is 18.2 Å². The molecule has 0 heterocycles. The number of rotatable bonds is 7. The smallest absolute Gasteiger partial charge is 0.232 e. The average molecular weight is 299 g/mol. The minimum Gasteiger partial charge on any atom is -0.490 e. The molecular weight excluding hydrogens is 286 g/mol. The average Bonchev–Trinajstić information content (AvgIpc) is 2.26. The highest BCUT2D eigenvalue weighted by atomic mass is 35.7. The second-order valence-electron chi connectivity index (χ2n) is 3.73. The molecular formula is C11H13ClF2O3S. The summed E-state index contributed by atoms with van der Waals surface area (Å²) in [6.07, 6.45) is 1.55. The quantitative estimate of drug-likeness (QED) is 0.574. The van der Waals surface area contributed by atoms with Crippen LogP contribution >= 0.6 is 10.7 Å². The van der Waals surface area contributed by atoms with E-state index in [0.29, 0.717) is 19.3 Å². The number of benzene rings is 1. The van der Waals surface area contributed by atoms with Crippen molar-refractivity contribution in [3.8, 4) is 5.75 Å². The third kappa shape index (κ3) is 6.16. The Morgan fingerprint density at radius 2 is 1.89 bits per heavy atom. The van der Waals surface area contributed by atoms with Crippen molar-refractivity contribution in [3.63, 3.8) is 0 Å². The lowest BCUT2D eigenvalue weighted by Crippen LogP contribution is -2.02. The van der Waals surface area contributed by atoms with Gasteiger partial charge in [0.15, 0.2) is 11.6 Å². The molecule has 1 aromatic carbocycles. The van der Waals surface area contributed by atoms with E-state index in [1.807, 2.05) is 0 Å². The summed E-state index contributed by atoms with van der Waals surface area (Å²) in [6, 6.07) is 2.97. The molecule has 0 unspecified atom stereocenters. The Hall–Kier alpha value is -0.880. The van der Waals surface area contributed by atoms with Gasteiger partial charge in [0.05, 0.1) is 12.4 Å². The maximum Gasteiger partial charge on any atom is 0.232 e. The Bertz CT molecular complexity index is 491. The minimum atomic E-state index is -3.45. The van der Waals surface area contributed by atoms with Gasteiger partial charge >= 0.3 is 0 Å². The predicted octanol–water partition coefficient (Wildman–Crippen LogP) is 3.08. The van der Waals surface area contributed by atoms with Gasteiger partial charge in [0, 0.05) is 16.7 Å². The molecule has 0 bridgehead atoms. The van der Waals surface area contributed by atoms with Gasteiger partial charge in [0.2, 0.25) is 9.05 Å². The van der Waals surface area contributed by atoms with Crippen LogP contribution in [0.3, 0.4) is 0 Å². The van der Waals surface area contributed by atoms with E-state index in [2.05, 4.69) is 0 Å². The Kier molecular flexibility index (Phi) is 5.81. The lowest BCUT2D eigenvalue weighted by molar-refractivity contribution is 0.290. The van der Waals surface area contributed by atoms with Crippen LogP contribution < -0.4 is 4.74 Å². The fourth-order valence-electron chi connectivity index (χ4n) is 1.32. The molecule has 0 saturated carbocycles. The van der Waals surface area contributed by atoms with Crippen LogP contribution in [0.4, 0.5) is 8.78 Å². The molecule has 1 rings (SSSR count). The van der Waals surface area contributed by atoms with Crippen molar-refractivity contribution < 1.29 is 21.9 Å². The highest BCUT2D eigenvalue weighted by Crippen LogP contribution is 2.18. The molecule has 0 atom stereocenters. The van der Waals surface area contributed by atoms with Crippen molar-refractivity contribution in [3.05, 3.63) is 29.8 Å². The van der Waals surface area contributed by atoms with Crippen molar-refractivity contribution in [2.45, 2.75) is 19.3 Å². The fraction of sp³-hybridized carbons (Fsp3) is 0.455. The molecule has 0 aromatic heterocycles. The molecule has 0 amide bonds. The molecule has 7 heteroatoms. The summed E-state index contributed by atoms with van der Waals surface area (Å²) >= 11 is 0. The normalized spacial score (nSPS) is 11.5. The molecule has 0 aliphatic carbocycles. The van der Waals surface area contributed by atoms with Crippen LogP contribution in [0.2, 0.25) is 0 Å².